The van der Waals surface area contributed by atoms with Gasteiger partial charge in [0.1, 0.15) is 5.75 Å². The fraction of sp³-hybridized carbons (Fsp3) is 0.235. The van der Waals surface area contributed by atoms with Gasteiger partial charge < -0.3 is 9.84 Å². The molecule has 0 aliphatic rings. The van der Waals surface area contributed by atoms with Crippen LogP contribution in [0.1, 0.15) is 12.5 Å². The fourth-order valence-electron chi connectivity index (χ4n) is 2.18. The third-order valence-electron chi connectivity index (χ3n) is 3.57. The van der Waals surface area contributed by atoms with Gasteiger partial charge in [-0.25, -0.2) is 13.2 Å². The van der Waals surface area contributed by atoms with Gasteiger partial charge in [-0.3, -0.25) is 0 Å². The number of ether oxygens (including phenoxy) is 1. The van der Waals surface area contributed by atoms with Crippen molar-refractivity contribution in [1.29, 1.82) is 0 Å². The number of rotatable bonds is 6. The summed E-state index contributed by atoms with van der Waals surface area (Å²) in [5.41, 5.74) is -0.873. The summed E-state index contributed by atoms with van der Waals surface area (Å²) in [6, 6.07) is 10.6. The van der Waals surface area contributed by atoms with Gasteiger partial charge in [0.15, 0.2) is 9.84 Å². The van der Waals surface area contributed by atoms with Crippen LogP contribution >= 0.6 is 23.2 Å². The Hall–Kier alpha value is -1.76. The van der Waals surface area contributed by atoms with Gasteiger partial charge >= 0.3 is 5.97 Å². The summed E-state index contributed by atoms with van der Waals surface area (Å²) in [5.74, 6) is -1.08. The molecule has 1 N–H and O–H groups in total. The predicted molar refractivity (Wildman–Crippen MR) is 96.4 cm³/mol. The quantitative estimate of drug-likeness (QED) is 0.792. The van der Waals surface area contributed by atoms with E-state index in [1.54, 1.807) is 24.3 Å². The van der Waals surface area contributed by atoms with Crippen molar-refractivity contribution < 1.29 is 23.1 Å². The molecule has 2 aromatic rings. The smallest absolute Gasteiger partial charge is 0.348 e. The van der Waals surface area contributed by atoms with E-state index in [1.165, 1.54) is 25.1 Å². The second-order valence-corrected chi connectivity index (χ2v) is 8.67. The zero-order valence-electron chi connectivity index (χ0n) is 13.5. The van der Waals surface area contributed by atoms with Crippen LogP contribution in [0.2, 0.25) is 10.0 Å². The average Bonchev–Trinajstić information content (AvgIpc) is 2.50. The summed E-state index contributed by atoms with van der Waals surface area (Å²) >= 11 is 11.9. The maximum Gasteiger partial charge on any atom is 0.348 e. The molecule has 0 aliphatic carbocycles. The lowest BCUT2D eigenvalue weighted by atomic mass is 9.96. The monoisotopic (exact) mass is 402 g/mol. The number of sulfone groups is 1. The lowest BCUT2D eigenvalue weighted by molar-refractivity contribution is -0.153. The first-order valence-corrected chi connectivity index (χ1v) is 9.82. The van der Waals surface area contributed by atoms with E-state index in [0.717, 1.165) is 11.8 Å². The SMILES string of the molecule is CC(Cc1ccc(Cl)cc1)(Oc1ccc(S(C)(=O)=O)cc1Cl)C(=O)O. The Balaban J connectivity index is 2.32. The van der Waals surface area contributed by atoms with Crippen molar-refractivity contribution in [2.24, 2.45) is 0 Å². The first-order chi connectivity index (χ1) is 11.5. The van der Waals surface area contributed by atoms with E-state index in [4.69, 9.17) is 27.9 Å². The lowest BCUT2D eigenvalue weighted by Gasteiger charge is -2.27. The standard InChI is InChI=1S/C17H16Cl2O5S/c1-17(16(20)21,10-11-3-5-12(18)6-4-11)24-15-8-7-13(9-14(15)19)25(2,22)23/h3-9H,10H2,1-2H3,(H,20,21). The first kappa shape index (κ1) is 19.6. The molecule has 5 nitrogen and oxygen atoms in total. The molecule has 1 unspecified atom stereocenters. The molecule has 0 amide bonds. The minimum atomic E-state index is -3.42. The number of halogens is 2. The average molecular weight is 403 g/mol. The second-order valence-electron chi connectivity index (χ2n) is 5.81. The molecule has 8 heteroatoms. The van der Waals surface area contributed by atoms with Crippen LogP contribution in [-0.4, -0.2) is 31.4 Å². The van der Waals surface area contributed by atoms with Crippen LogP contribution < -0.4 is 4.74 Å². The number of carbonyl (C=O) groups is 1. The van der Waals surface area contributed by atoms with Crippen LogP contribution in [-0.2, 0) is 21.1 Å². The Kier molecular flexibility index (Phi) is 5.66. The minimum Gasteiger partial charge on any atom is -0.478 e. The number of carboxylic acid groups (broad SMARTS) is 1. The second kappa shape index (κ2) is 7.23. The highest BCUT2D eigenvalue weighted by molar-refractivity contribution is 7.90. The number of hydrogen-bond acceptors (Lipinski definition) is 4. The highest BCUT2D eigenvalue weighted by atomic mass is 35.5. The Morgan fingerprint density at radius 3 is 2.24 bits per heavy atom. The van der Waals surface area contributed by atoms with Crippen molar-refractivity contribution in [3.63, 3.8) is 0 Å². The minimum absolute atomic E-state index is 0.0199. The molecule has 0 radical (unpaired) electrons. The molecule has 0 aromatic heterocycles. The largest absolute Gasteiger partial charge is 0.478 e. The Morgan fingerprint density at radius 1 is 1.16 bits per heavy atom. The fourth-order valence-corrected chi connectivity index (χ4v) is 3.24. The van der Waals surface area contributed by atoms with E-state index < -0.39 is 21.4 Å². The molecule has 0 saturated carbocycles. The molecule has 2 aromatic carbocycles. The molecular weight excluding hydrogens is 387 g/mol. The summed E-state index contributed by atoms with van der Waals surface area (Å²) in [7, 11) is -3.42. The van der Waals surface area contributed by atoms with Gasteiger partial charge in [-0.2, -0.15) is 0 Å². The Labute approximate surface area is 156 Å². The van der Waals surface area contributed by atoms with Gasteiger partial charge in [-0.15, -0.1) is 0 Å². The van der Waals surface area contributed by atoms with E-state index in [1.807, 2.05) is 0 Å². The third-order valence-corrected chi connectivity index (χ3v) is 5.23. The highest BCUT2D eigenvalue weighted by Crippen LogP contribution is 2.32. The highest BCUT2D eigenvalue weighted by Gasteiger charge is 2.36. The molecule has 2 rings (SSSR count). The lowest BCUT2D eigenvalue weighted by Crippen LogP contribution is -2.43. The van der Waals surface area contributed by atoms with Crippen molar-refractivity contribution in [3.8, 4) is 5.75 Å². The molecule has 0 aliphatic heterocycles. The number of benzene rings is 2. The van der Waals surface area contributed by atoms with E-state index in [9.17, 15) is 18.3 Å². The Morgan fingerprint density at radius 2 is 1.76 bits per heavy atom. The number of hydrogen-bond donors (Lipinski definition) is 1. The van der Waals surface area contributed by atoms with E-state index in [-0.39, 0.29) is 22.1 Å². The molecule has 0 bridgehead atoms. The van der Waals surface area contributed by atoms with Crippen molar-refractivity contribution in [2.45, 2.75) is 23.8 Å². The van der Waals surface area contributed by atoms with E-state index in [2.05, 4.69) is 0 Å². The molecular formula is C17H16Cl2O5S. The first-order valence-electron chi connectivity index (χ1n) is 7.18. The van der Waals surface area contributed by atoms with Gasteiger partial charge in [0.2, 0.25) is 5.60 Å². The molecule has 0 saturated heterocycles. The maximum atomic E-state index is 11.7. The van der Waals surface area contributed by atoms with Crippen LogP contribution in [0.5, 0.6) is 5.75 Å². The predicted octanol–water partition coefficient (Wildman–Crippen LogP) is 3.86. The topological polar surface area (TPSA) is 80.7 Å². The molecule has 1 atom stereocenters. The van der Waals surface area contributed by atoms with Crippen molar-refractivity contribution >= 4 is 39.0 Å². The Bertz CT molecular complexity index is 894. The molecule has 134 valence electrons. The zero-order chi connectivity index (χ0) is 18.8. The van der Waals surface area contributed by atoms with E-state index in [0.29, 0.717) is 5.02 Å². The van der Waals surface area contributed by atoms with Gasteiger partial charge in [-0.05, 0) is 42.8 Å². The summed E-state index contributed by atoms with van der Waals surface area (Å²) in [4.78, 5) is 11.8. The maximum absolute atomic E-state index is 11.7. The van der Waals surface area contributed by atoms with Crippen molar-refractivity contribution in [3.05, 3.63) is 58.1 Å². The molecule has 0 heterocycles. The van der Waals surface area contributed by atoms with Crippen molar-refractivity contribution in [1.82, 2.24) is 0 Å². The van der Waals surface area contributed by atoms with Crippen LogP contribution in [0.25, 0.3) is 0 Å². The normalized spacial score (nSPS) is 13.9. The van der Waals surface area contributed by atoms with Gasteiger partial charge in [0, 0.05) is 17.7 Å². The van der Waals surface area contributed by atoms with Crippen LogP contribution in [0.4, 0.5) is 0 Å². The summed E-state index contributed by atoms with van der Waals surface area (Å²) in [6.07, 6.45) is 1.13. The van der Waals surface area contributed by atoms with Crippen LogP contribution in [0.3, 0.4) is 0 Å². The number of aliphatic carboxylic acids is 1. The molecule has 0 spiro atoms. The van der Waals surface area contributed by atoms with Gasteiger partial charge in [0.25, 0.3) is 0 Å². The third kappa shape index (κ3) is 4.87. The van der Waals surface area contributed by atoms with Crippen LogP contribution in [0.15, 0.2) is 47.4 Å². The summed E-state index contributed by atoms with van der Waals surface area (Å²) in [6.45, 7) is 1.42. The van der Waals surface area contributed by atoms with Gasteiger partial charge in [-0.1, -0.05) is 35.3 Å². The van der Waals surface area contributed by atoms with Crippen molar-refractivity contribution in [2.75, 3.05) is 6.26 Å². The van der Waals surface area contributed by atoms with Crippen LogP contribution in [0, 0.1) is 0 Å². The summed E-state index contributed by atoms with van der Waals surface area (Å²) < 4.78 is 28.7. The van der Waals surface area contributed by atoms with Gasteiger partial charge in [0.05, 0.1) is 9.92 Å². The number of carboxylic acids is 1. The zero-order valence-corrected chi connectivity index (χ0v) is 15.8. The molecule has 25 heavy (non-hydrogen) atoms. The summed E-state index contributed by atoms with van der Waals surface area (Å²) in [5, 5.41) is 10.2. The van der Waals surface area contributed by atoms with E-state index >= 15 is 0 Å². The molecule has 0 fully saturated rings.